The van der Waals surface area contributed by atoms with Crippen molar-refractivity contribution in [2.24, 2.45) is 11.8 Å². The number of halogens is 1. The molecule has 1 unspecified atom stereocenters. The van der Waals surface area contributed by atoms with E-state index in [2.05, 4.69) is 30.6 Å². The summed E-state index contributed by atoms with van der Waals surface area (Å²) in [7, 11) is 2.54. The number of methoxy groups -OCH3 is 2. The molecule has 4 amide bonds. The standard InChI is InChI=1S/C51H54FN11O7S/c1-26(2)42(59-50(66)68-5)47(64)61-17-9-12-36(61)44-54-23-33(57-44)28-14-15-35-30(19-28)21-38-41-31(52)20-29(22-39(41)70-49(63(35)38)40-25-56-46(71-40)32-11-7-8-16-53-32)34-24-55-45(58-34)37-13-10-18-62(37)48(65)43(27(3)4)60-51(67)69-6/h7-8,11,14-16,19-27,36-37,42-43,49H,9-10,12-13,17-18H2,1-6H3,(H,54,57)(H,55,58)(H,59,66)(H,60,67)/p+1/t36-,37-,42-,43-,49?/m0/s1. The molecule has 0 spiro atoms. The molecule has 3 aliphatic heterocycles. The molecule has 2 fully saturated rings. The molecule has 5 N–H and O–H groups in total. The van der Waals surface area contributed by atoms with Crippen LogP contribution in [-0.4, -0.2) is 103 Å². The summed E-state index contributed by atoms with van der Waals surface area (Å²) in [5, 5.41) is 6.94. The highest BCUT2D eigenvalue weighted by Gasteiger charge is 2.41. The van der Waals surface area contributed by atoms with Gasteiger partial charge in [-0.25, -0.2) is 33.9 Å². The fourth-order valence-electron chi connectivity index (χ4n) is 10.1. The van der Waals surface area contributed by atoms with Gasteiger partial charge in [0.1, 0.15) is 46.7 Å². The van der Waals surface area contributed by atoms with Gasteiger partial charge >= 0.3 is 12.2 Å². The Kier molecular flexibility index (Phi) is 12.8. The summed E-state index contributed by atoms with van der Waals surface area (Å²) in [4.78, 5) is 80.6. The van der Waals surface area contributed by atoms with E-state index in [1.807, 2.05) is 80.8 Å². The third-order valence-corrected chi connectivity index (χ3v) is 14.7. The molecule has 2 aromatic carbocycles. The van der Waals surface area contributed by atoms with Gasteiger partial charge in [-0.1, -0.05) is 39.8 Å². The van der Waals surface area contributed by atoms with E-state index < -0.39 is 36.3 Å². The van der Waals surface area contributed by atoms with Crippen LogP contribution < -0.4 is 20.4 Å². The van der Waals surface area contributed by atoms with Crippen molar-refractivity contribution in [2.45, 2.75) is 83.8 Å². The number of rotatable bonds is 12. The number of benzene rings is 2. The number of carbonyl (C=O) groups excluding carboxylic acids is 4. The van der Waals surface area contributed by atoms with Crippen LogP contribution in [0.15, 0.2) is 79.4 Å². The average Bonchev–Trinajstić information content (AvgIpc) is 4.24. The number of pyridine rings is 1. The number of thiazole rings is 1. The van der Waals surface area contributed by atoms with Crippen molar-refractivity contribution in [3.05, 3.63) is 102 Å². The van der Waals surface area contributed by atoms with E-state index in [4.69, 9.17) is 24.2 Å². The van der Waals surface area contributed by atoms with Crippen molar-refractivity contribution < 1.29 is 42.8 Å². The molecule has 368 valence electrons. The van der Waals surface area contributed by atoms with Gasteiger partial charge in [0.2, 0.25) is 18.0 Å². The van der Waals surface area contributed by atoms with Gasteiger partial charge in [0.25, 0.3) is 5.82 Å². The molecule has 20 heteroatoms. The Morgan fingerprint density at radius 2 is 1.52 bits per heavy atom. The van der Waals surface area contributed by atoms with E-state index in [0.717, 1.165) is 45.6 Å². The number of aromatic nitrogens is 7. The predicted molar refractivity (Wildman–Crippen MR) is 261 cm³/mol. The SMILES string of the molecule is COC(=O)N[C@H](C(=O)N1CCC[C@H]1c1ncc(-c2ccc3c(c2)cc2n3C(c3cnc(-c4ccccn4)s3)Oc3cc(-c4c[nH+]c([C@@H]5CCCN5C(=O)[C@@H](NC(=O)OC)C(C)C)[nH]4)cc(F)c3-2)[nH]1)C(C)C. The van der Waals surface area contributed by atoms with Crippen LogP contribution in [0.3, 0.4) is 0 Å². The molecule has 0 radical (unpaired) electrons. The molecule has 0 bridgehead atoms. The average molecular weight is 985 g/mol. The summed E-state index contributed by atoms with van der Waals surface area (Å²) in [6.07, 6.45) is 7.91. The lowest BCUT2D eigenvalue weighted by molar-refractivity contribution is -0.393. The fraction of sp³-hybridized carbons (Fsp3) is 0.373. The topological polar surface area (TPSA) is 216 Å². The lowest BCUT2D eigenvalue weighted by Gasteiger charge is -2.30. The quantitative estimate of drug-likeness (QED) is 0.0921. The Hall–Kier alpha value is -7.61. The van der Waals surface area contributed by atoms with Crippen molar-refractivity contribution in [2.75, 3.05) is 27.3 Å². The first-order chi connectivity index (χ1) is 34.3. The van der Waals surface area contributed by atoms with Crippen LogP contribution >= 0.6 is 11.3 Å². The van der Waals surface area contributed by atoms with Crippen molar-refractivity contribution in [1.29, 1.82) is 0 Å². The Balaban J connectivity index is 0.983. The summed E-state index contributed by atoms with van der Waals surface area (Å²) < 4.78 is 35.5. The number of imidazole rings is 2. The molecule has 0 saturated carbocycles. The molecule has 71 heavy (non-hydrogen) atoms. The highest BCUT2D eigenvalue weighted by Crippen LogP contribution is 2.48. The van der Waals surface area contributed by atoms with E-state index >= 15 is 4.39 Å². The van der Waals surface area contributed by atoms with E-state index in [-0.39, 0.29) is 35.7 Å². The molecule has 10 rings (SSSR count). The van der Waals surface area contributed by atoms with E-state index in [9.17, 15) is 19.2 Å². The number of hydrogen-bond acceptors (Lipinski definition) is 11. The van der Waals surface area contributed by atoms with Crippen LogP contribution in [0, 0.1) is 17.7 Å². The van der Waals surface area contributed by atoms with Gasteiger partial charge in [0.15, 0.2) is 5.69 Å². The van der Waals surface area contributed by atoms with Crippen LogP contribution in [0.1, 0.15) is 88.2 Å². The summed E-state index contributed by atoms with van der Waals surface area (Å²) in [5.41, 5.74) is 5.16. The van der Waals surface area contributed by atoms with Crippen LogP contribution in [0.25, 0.3) is 55.4 Å². The van der Waals surface area contributed by atoms with Crippen LogP contribution in [0.5, 0.6) is 5.75 Å². The number of hydrogen-bond donors (Lipinski definition) is 4. The largest absolute Gasteiger partial charge is 0.464 e. The number of aromatic amines is 3. The fourth-order valence-corrected chi connectivity index (χ4v) is 11.0. The first kappa shape index (κ1) is 47.1. The van der Waals surface area contributed by atoms with Gasteiger partial charge in [0, 0.05) is 42.0 Å². The number of nitrogens with one attached hydrogen (secondary N) is 5. The van der Waals surface area contributed by atoms with Gasteiger partial charge in [-0.15, -0.1) is 11.3 Å². The molecule has 0 aliphatic carbocycles. The maximum Gasteiger partial charge on any atom is 0.407 e. The summed E-state index contributed by atoms with van der Waals surface area (Å²) in [6, 6.07) is 14.8. The molecule has 8 heterocycles. The number of carbonyl (C=O) groups is 4. The van der Waals surface area contributed by atoms with Crippen molar-refractivity contribution in [3.63, 3.8) is 0 Å². The summed E-state index contributed by atoms with van der Waals surface area (Å²) in [5.74, 6) is 0.429. The maximum absolute atomic E-state index is 17.0. The highest BCUT2D eigenvalue weighted by molar-refractivity contribution is 7.15. The lowest BCUT2D eigenvalue weighted by Crippen LogP contribution is -2.51. The number of likely N-dealkylation sites (tertiary alicyclic amines) is 2. The zero-order valence-corrected chi connectivity index (χ0v) is 40.9. The number of fused-ring (bicyclic) bond motifs is 5. The Bertz CT molecular complexity index is 3150. The van der Waals surface area contributed by atoms with E-state index in [1.54, 1.807) is 34.6 Å². The smallest absolute Gasteiger partial charge is 0.407 e. The van der Waals surface area contributed by atoms with Gasteiger partial charge < -0.3 is 39.6 Å². The van der Waals surface area contributed by atoms with Crippen LogP contribution in [-0.2, 0) is 19.1 Å². The van der Waals surface area contributed by atoms with Crippen molar-refractivity contribution in [1.82, 2.24) is 49.9 Å². The molecule has 18 nitrogen and oxygen atoms in total. The minimum absolute atomic E-state index is 0.163. The number of ether oxygens (including phenoxy) is 3. The maximum atomic E-state index is 17.0. The first-order valence-corrected chi connectivity index (χ1v) is 24.6. The molecule has 7 aromatic rings. The second-order valence-electron chi connectivity index (χ2n) is 18.8. The lowest BCUT2D eigenvalue weighted by atomic mass is 10.0. The summed E-state index contributed by atoms with van der Waals surface area (Å²) in [6.45, 7) is 8.55. The van der Waals surface area contributed by atoms with Crippen LogP contribution in [0.2, 0.25) is 0 Å². The van der Waals surface area contributed by atoms with Gasteiger partial charge in [-0.2, -0.15) is 0 Å². The van der Waals surface area contributed by atoms with E-state index in [0.29, 0.717) is 70.9 Å². The zero-order chi connectivity index (χ0) is 49.7. The molecule has 2 saturated heterocycles. The Labute approximate surface area is 412 Å². The Morgan fingerprint density at radius 1 is 0.817 bits per heavy atom. The molecular weight excluding hydrogens is 930 g/mol. The number of alkyl carbamates (subject to hydrolysis) is 2. The molecular formula is C51H55FN11O7S+. The van der Waals surface area contributed by atoms with Gasteiger partial charge in [-0.3, -0.25) is 19.1 Å². The minimum atomic E-state index is -0.772. The molecule has 5 atom stereocenters. The highest BCUT2D eigenvalue weighted by atomic mass is 32.1. The minimum Gasteiger partial charge on any atom is -0.464 e. The third kappa shape index (κ3) is 8.84. The molecule has 5 aromatic heterocycles. The summed E-state index contributed by atoms with van der Waals surface area (Å²) >= 11 is 1.44. The monoisotopic (exact) mass is 984 g/mol. The predicted octanol–water partition coefficient (Wildman–Crippen LogP) is 8.19. The second kappa shape index (κ2) is 19.3. The van der Waals surface area contributed by atoms with Gasteiger partial charge in [0.05, 0.1) is 59.5 Å². The Morgan fingerprint density at radius 3 is 2.20 bits per heavy atom. The van der Waals surface area contributed by atoms with E-state index in [1.165, 1.54) is 31.6 Å². The number of H-pyrrole nitrogens is 3. The zero-order valence-electron chi connectivity index (χ0n) is 40.1. The van der Waals surface area contributed by atoms with Crippen LogP contribution in [0.4, 0.5) is 14.0 Å². The van der Waals surface area contributed by atoms with Gasteiger partial charge in [-0.05, 0) is 80.0 Å². The first-order valence-electron chi connectivity index (χ1n) is 23.8. The van der Waals surface area contributed by atoms with Crippen molar-refractivity contribution >= 4 is 46.2 Å². The van der Waals surface area contributed by atoms with Crippen molar-refractivity contribution in [3.8, 4) is 50.2 Å². The number of nitrogens with zero attached hydrogens (tertiary/aromatic N) is 6. The molecule has 3 aliphatic rings. The normalized spacial score (nSPS) is 18.3. The number of amides is 4. The third-order valence-electron chi connectivity index (χ3n) is 13.6. The second-order valence-corrected chi connectivity index (χ2v) is 19.8.